The number of rotatable bonds is 6. The minimum Gasteiger partial charge on any atom is -0.456 e. The fourth-order valence-electron chi connectivity index (χ4n) is 9.09. The second-order valence-electron chi connectivity index (χ2n) is 15.6. The molecule has 0 spiro atoms. The van der Waals surface area contributed by atoms with Crippen LogP contribution in [-0.2, 0) is 9.73 Å². The summed E-state index contributed by atoms with van der Waals surface area (Å²) in [5.41, 5.74) is 14.4. The molecular weight excluding hydrogens is 765 g/mol. The number of nitrogens with zero attached hydrogens (tertiary/aromatic N) is 2. The molecule has 0 aliphatic carbocycles. The van der Waals surface area contributed by atoms with Crippen molar-refractivity contribution in [2.45, 2.75) is 4.90 Å². The smallest absolute Gasteiger partial charge is 0.136 e. The SMILES string of the molecule is O=S1(c2ccccc2)=Nc2ccccc2C=C1c1cccc2oc3ccc(-c4cccc(-c5ccc6c(c5)c5ccccc5n6-c5cccc(-c6ccccc6)c5)c4)cc3c12. The summed E-state index contributed by atoms with van der Waals surface area (Å²) in [4.78, 5) is 1.36. The Morgan fingerprint density at radius 2 is 1.07 bits per heavy atom. The molecule has 1 aliphatic heterocycles. The van der Waals surface area contributed by atoms with Crippen molar-refractivity contribution in [3.63, 3.8) is 0 Å². The Bertz CT molecular complexity index is 3700. The normalized spacial score (nSPS) is 14.9. The highest BCUT2D eigenvalue weighted by molar-refractivity contribution is 8.03. The number of aromatic nitrogens is 1. The van der Waals surface area contributed by atoms with E-state index in [1.165, 1.54) is 32.9 Å². The predicted molar refractivity (Wildman–Crippen MR) is 254 cm³/mol. The molecule has 2 aromatic heterocycles. The van der Waals surface area contributed by atoms with Crippen molar-refractivity contribution in [2.75, 3.05) is 0 Å². The lowest BCUT2D eigenvalue weighted by Crippen LogP contribution is -2.07. The summed E-state index contributed by atoms with van der Waals surface area (Å²) in [6, 6.07) is 73.6. The summed E-state index contributed by atoms with van der Waals surface area (Å²) >= 11 is 0. The van der Waals surface area contributed by atoms with Gasteiger partial charge in [0.1, 0.15) is 20.9 Å². The Hall–Kier alpha value is -7.73. The van der Waals surface area contributed by atoms with E-state index < -0.39 is 9.73 Å². The molecule has 1 unspecified atom stereocenters. The second-order valence-corrected chi connectivity index (χ2v) is 17.7. The lowest BCUT2D eigenvalue weighted by atomic mass is 9.96. The van der Waals surface area contributed by atoms with Crippen LogP contribution in [0.25, 0.3) is 93.8 Å². The monoisotopic (exact) mass is 800 g/mol. The van der Waals surface area contributed by atoms with Crippen LogP contribution in [0.5, 0.6) is 0 Å². The number of hydrogen-bond donors (Lipinski definition) is 0. The molecule has 0 amide bonds. The van der Waals surface area contributed by atoms with E-state index in [1.807, 2.05) is 66.7 Å². The van der Waals surface area contributed by atoms with Gasteiger partial charge in [-0.2, -0.15) is 4.36 Å². The average molecular weight is 801 g/mol. The van der Waals surface area contributed by atoms with E-state index in [0.29, 0.717) is 9.80 Å². The standard InChI is InChI=1S/C56H36N2O2S/c59-61(45-21-5-2-6-22-45)55(36-43-16-7-9-25-50(43)57-61)47-24-13-27-54-56(47)49-35-42(29-31-53(49)60-54)39-18-11-17-38(32-39)41-28-30-52-48(34-41)46-23-8-10-26-51(46)58(52)44-20-12-19-40(33-44)37-14-3-1-4-15-37/h1-36H. The molecule has 0 N–H and O–H groups in total. The summed E-state index contributed by atoms with van der Waals surface area (Å²) in [7, 11) is -3.03. The van der Waals surface area contributed by atoms with Gasteiger partial charge in [-0.3, -0.25) is 0 Å². The van der Waals surface area contributed by atoms with Crippen LogP contribution in [0.2, 0.25) is 0 Å². The van der Waals surface area contributed by atoms with Crippen LogP contribution in [-0.4, -0.2) is 8.78 Å². The maximum Gasteiger partial charge on any atom is 0.136 e. The third-order valence-corrected chi connectivity index (χ3v) is 14.3. The van der Waals surface area contributed by atoms with Crippen LogP contribution in [0.3, 0.4) is 0 Å². The topological polar surface area (TPSA) is 47.5 Å². The van der Waals surface area contributed by atoms with E-state index in [1.54, 1.807) is 0 Å². The van der Waals surface area contributed by atoms with E-state index in [0.717, 1.165) is 66.7 Å². The summed E-state index contributed by atoms with van der Waals surface area (Å²) in [5.74, 6) is 0. The molecule has 0 saturated heterocycles. The minimum absolute atomic E-state index is 0.679. The zero-order valence-corrected chi connectivity index (χ0v) is 33.7. The lowest BCUT2D eigenvalue weighted by molar-refractivity contribution is 0.669. The molecule has 0 bridgehead atoms. The molecule has 61 heavy (non-hydrogen) atoms. The molecule has 4 nitrogen and oxygen atoms in total. The Kier molecular flexibility index (Phi) is 8.05. The van der Waals surface area contributed by atoms with E-state index in [4.69, 9.17) is 8.78 Å². The summed E-state index contributed by atoms with van der Waals surface area (Å²) < 4.78 is 29.1. The largest absolute Gasteiger partial charge is 0.456 e. The molecule has 1 aliphatic rings. The van der Waals surface area contributed by atoms with Gasteiger partial charge >= 0.3 is 0 Å². The van der Waals surface area contributed by atoms with E-state index in [2.05, 4.69) is 156 Å². The molecule has 1 atom stereocenters. The predicted octanol–water partition coefficient (Wildman–Crippen LogP) is 15.4. The quantitative estimate of drug-likeness (QED) is 0.168. The third kappa shape index (κ3) is 5.77. The zero-order chi connectivity index (χ0) is 40.5. The van der Waals surface area contributed by atoms with Gasteiger partial charge < -0.3 is 8.98 Å². The van der Waals surface area contributed by atoms with E-state index >= 15 is 4.21 Å². The van der Waals surface area contributed by atoms with Crippen molar-refractivity contribution in [3.8, 4) is 39.1 Å². The molecule has 9 aromatic carbocycles. The first kappa shape index (κ1) is 35.2. The van der Waals surface area contributed by atoms with Crippen LogP contribution in [0.4, 0.5) is 5.69 Å². The second kappa shape index (κ2) is 13.9. The van der Waals surface area contributed by atoms with Crippen molar-refractivity contribution in [1.82, 2.24) is 4.57 Å². The van der Waals surface area contributed by atoms with Gasteiger partial charge in [0.05, 0.1) is 26.5 Å². The fourth-order valence-corrected chi connectivity index (χ4v) is 11.3. The first-order valence-electron chi connectivity index (χ1n) is 20.5. The maximum atomic E-state index is 15.3. The highest BCUT2D eigenvalue weighted by atomic mass is 32.2. The summed E-state index contributed by atoms with van der Waals surface area (Å²) in [5, 5.41) is 4.32. The van der Waals surface area contributed by atoms with Gasteiger partial charge in [0.15, 0.2) is 0 Å². The van der Waals surface area contributed by atoms with Crippen LogP contribution in [0.1, 0.15) is 11.1 Å². The van der Waals surface area contributed by atoms with Gasteiger partial charge in [-0.05, 0) is 112 Å². The van der Waals surface area contributed by atoms with Crippen LogP contribution < -0.4 is 0 Å². The van der Waals surface area contributed by atoms with Gasteiger partial charge in [-0.1, -0.05) is 140 Å². The van der Waals surface area contributed by atoms with E-state index in [9.17, 15) is 0 Å². The molecule has 0 saturated carbocycles. The summed E-state index contributed by atoms with van der Waals surface area (Å²) in [6.07, 6.45) is 2.05. The van der Waals surface area contributed by atoms with Gasteiger partial charge in [0.25, 0.3) is 0 Å². The van der Waals surface area contributed by atoms with Crippen molar-refractivity contribution < 1.29 is 8.63 Å². The number of furan rings is 1. The molecule has 5 heteroatoms. The van der Waals surface area contributed by atoms with Gasteiger partial charge in [0.2, 0.25) is 0 Å². The first-order chi connectivity index (χ1) is 30.1. The van der Waals surface area contributed by atoms with Gasteiger partial charge in [-0.15, -0.1) is 0 Å². The zero-order valence-electron chi connectivity index (χ0n) is 32.9. The molecule has 288 valence electrons. The Morgan fingerprint density at radius 1 is 0.443 bits per heavy atom. The minimum atomic E-state index is -3.03. The Labute approximate surface area is 353 Å². The average Bonchev–Trinajstić information content (AvgIpc) is 3.87. The van der Waals surface area contributed by atoms with Crippen molar-refractivity contribution in [2.24, 2.45) is 4.36 Å². The van der Waals surface area contributed by atoms with Crippen LogP contribution >= 0.6 is 0 Å². The lowest BCUT2D eigenvalue weighted by Gasteiger charge is -2.20. The summed E-state index contributed by atoms with van der Waals surface area (Å²) in [6.45, 7) is 0. The van der Waals surface area contributed by atoms with Gasteiger partial charge in [-0.25, -0.2) is 4.21 Å². The Morgan fingerprint density at radius 3 is 1.90 bits per heavy atom. The van der Waals surface area contributed by atoms with Crippen LogP contribution in [0.15, 0.2) is 226 Å². The molecule has 3 heterocycles. The third-order valence-electron chi connectivity index (χ3n) is 12.0. The molecule has 0 radical (unpaired) electrons. The maximum absolute atomic E-state index is 15.3. The van der Waals surface area contributed by atoms with Crippen molar-refractivity contribution in [3.05, 3.63) is 223 Å². The molecular formula is C56H36N2O2S. The number of fused-ring (bicyclic) bond motifs is 7. The van der Waals surface area contributed by atoms with E-state index in [-0.39, 0.29) is 0 Å². The van der Waals surface area contributed by atoms with Crippen molar-refractivity contribution in [1.29, 1.82) is 0 Å². The number of hydrogen-bond acceptors (Lipinski definition) is 3. The number of benzene rings is 9. The highest BCUT2D eigenvalue weighted by Gasteiger charge is 2.28. The Balaban J connectivity index is 0.969. The molecule has 11 aromatic rings. The van der Waals surface area contributed by atoms with Crippen molar-refractivity contribution >= 4 is 70.1 Å². The van der Waals surface area contributed by atoms with Gasteiger partial charge in [0, 0.05) is 38.4 Å². The first-order valence-corrected chi connectivity index (χ1v) is 22.0. The number of para-hydroxylation sites is 1. The molecule has 12 rings (SSSR count). The fraction of sp³-hybridized carbons (Fsp3) is 0. The highest BCUT2D eigenvalue weighted by Crippen LogP contribution is 2.45. The molecule has 0 fully saturated rings. The van der Waals surface area contributed by atoms with Crippen LogP contribution in [0, 0.1) is 0 Å².